The normalized spacial score (nSPS) is 10.9. The van der Waals surface area contributed by atoms with Gasteiger partial charge in [-0.3, -0.25) is 4.98 Å². The van der Waals surface area contributed by atoms with Gasteiger partial charge >= 0.3 is 0 Å². The predicted molar refractivity (Wildman–Crippen MR) is 68.9 cm³/mol. The van der Waals surface area contributed by atoms with Gasteiger partial charge in [0.2, 0.25) is 0 Å². The number of rotatable bonds is 1. The number of benzene rings is 1. The van der Waals surface area contributed by atoms with Crippen LogP contribution in [-0.2, 0) is 0 Å². The van der Waals surface area contributed by atoms with E-state index in [4.69, 9.17) is 21.8 Å². The number of furan rings is 1. The second-order valence-corrected chi connectivity index (χ2v) is 4.11. The Labute approximate surface area is 103 Å². The highest BCUT2D eigenvalue weighted by Crippen LogP contribution is 2.33. The van der Waals surface area contributed by atoms with Crippen molar-refractivity contribution in [2.24, 2.45) is 0 Å². The summed E-state index contributed by atoms with van der Waals surface area (Å²) in [5.41, 5.74) is 8.74. The van der Waals surface area contributed by atoms with E-state index in [-0.39, 0.29) is 0 Å². The molecular formula is C13H9ClN2O. The molecule has 0 saturated heterocycles. The number of fused-ring (bicyclic) bond motifs is 1. The van der Waals surface area contributed by atoms with Crippen LogP contribution in [0.2, 0.25) is 5.02 Å². The zero-order chi connectivity index (χ0) is 11.8. The standard InChI is InChI=1S/C13H9ClN2O/c14-9-5-6-16-11-7-12(17-13(9)11)8-3-1-2-4-10(8)15/h1-7H,15H2. The van der Waals surface area contributed by atoms with E-state index in [2.05, 4.69) is 4.98 Å². The molecule has 0 fully saturated rings. The maximum absolute atomic E-state index is 6.03. The van der Waals surface area contributed by atoms with E-state index < -0.39 is 0 Å². The molecule has 0 saturated carbocycles. The van der Waals surface area contributed by atoms with Crippen LogP contribution in [0.1, 0.15) is 0 Å². The summed E-state index contributed by atoms with van der Waals surface area (Å²) in [7, 11) is 0. The largest absolute Gasteiger partial charge is 0.453 e. The second kappa shape index (κ2) is 3.79. The van der Waals surface area contributed by atoms with Gasteiger partial charge in [-0.2, -0.15) is 0 Å². The minimum Gasteiger partial charge on any atom is -0.453 e. The van der Waals surface area contributed by atoms with E-state index in [0.717, 1.165) is 11.1 Å². The molecule has 2 heterocycles. The lowest BCUT2D eigenvalue weighted by Crippen LogP contribution is -1.87. The Morgan fingerprint density at radius 3 is 2.76 bits per heavy atom. The fourth-order valence-electron chi connectivity index (χ4n) is 1.76. The number of nitrogens with two attached hydrogens (primary N) is 1. The van der Waals surface area contributed by atoms with Crippen LogP contribution in [0, 0.1) is 0 Å². The quantitative estimate of drug-likeness (QED) is 0.664. The first kappa shape index (κ1) is 10.2. The molecule has 2 N–H and O–H groups in total. The molecule has 84 valence electrons. The monoisotopic (exact) mass is 244 g/mol. The molecule has 3 rings (SSSR count). The van der Waals surface area contributed by atoms with Crippen LogP contribution in [0.5, 0.6) is 0 Å². The van der Waals surface area contributed by atoms with Crippen molar-refractivity contribution in [3.63, 3.8) is 0 Å². The summed E-state index contributed by atoms with van der Waals surface area (Å²) in [6.07, 6.45) is 1.65. The molecular weight excluding hydrogens is 236 g/mol. The molecule has 1 aromatic carbocycles. The third-order valence-electron chi connectivity index (χ3n) is 2.59. The number of hydrogen-bond acceptors (Lipinski definition) is 3. The van der Waals surface area contributed by atoms with Crippen molar-refractivity contribution in [1.82, 2.24) is 4.98 Å². The Morgan fingerprint density at radius 2 is 2.00 bits per heavy atom. The zero-order valence-electron chi connectivity index (χ0n) is 8.85. The number of para-hydroxylation sites is 1. The smallest absolute Gasteiger partial charge is 0.171 e. The van der Waals surface area contributed by atoms with Gasteiger partial charge in [0, 0.05) is 23.5 Å². The van der Waals surface area contributed by atoms with E-state index in [1.54, 1.807) is 12.3 Å². The summed E-state index contributed by atoms with van der Waals surface area (Å²) in [4.78, 5) is 4.20. The lowest BCUT2D eigenvalue weighted by atomic mass is 10.1. The van der Waals surface area contributed by atoms with Crippen LogP contribution < -0.4 is 5.73 Å². The van der Waals surface area contributed by atoms with E-state index >= 15 is 0 Å². The van der Waals surface area contributed by atoms with E-state index in [9.17, 15) is 0 Å². The molecule has 0 aliphatic heterocycles. The lowest BCUT2D eigenvalue weighted by molar-refractivity contribution is 0.631. The molecule has 0 aliphatic carbocycles. The number of anilines is 1. The van der Waals surface area contributed by atoms with Gasteiger partial charge in [-0.1, -0.05) is 23.7 Å². The van der Waals surface area contributed by atoms with Crippen molar-refractivity contribution in [2.45, 2.75) is 0 Å². The van der Waals surface area contributed by atoms with Crippen LogP contribution in [0.4, 0.5) is 5.69 Å². The average molecular weight is 245 g/mol. The number of nitrogen functional groups attached to an aromatic ring is 1. The summed E-state index contributed by atoms with van der Waals surface area (Å²) in [5, 5.41) is 0.552. The number of nitrogens with zero attached hydrogens (tertiary/aromatic N) is 1. The lowest BCUT2D eigenvalue weighted by Gasteiger charge is -2.00. The molecule has 0 unspecified atom stereocenters. The highest BCUT2D eigenvalue weighted by molar-refractivity contribution is 6.34. The molecule has 3 nitrogen and oxygen atoms in total. The SMILES string of the molecule is Nc1ccccc1-c1cc2nccc(Cl)c2o1. The van der Waals surface area contributed by atoms with E-state index in [0.29, 0.717) is 22.1 Å². The van der Waals surface area contributed by atoms with Crippen LogP contribution in [-0.4, -0.2) is 4.98 Å². The second-order valence-electron chi connectivity index (χ2n) is 3.71. The van der Waals surface area contributed by atoms with Gasteiger partial charge in [-0.05, 0) is 18.2 Å². The molecule has 0 radical (unpaired) electrons. The molecule has 0 bridgehead atoms. The van der Waals surface area contributed by atoms with Gasteiger partial charge < -0.3 is 10.2 Å². The van der Waals surface area contributed by atoms with Crippen molar-refractivity contribution < 1.29 is 4.42 Å². The molecule has 2 aromatic heterocycles. The Bertz CT molecular complexity index is 691. The molecule has 0 amide bonds. The topological polar surface area (TPSA) is 52.0 Å². The Balaban J connectivity index is 2.26. The van der Waals surface area contributed by atoms with Gasteiger partial charge in [-0.25, -0.2) is 0 Å². The summed E-state index contributed by atoms with van der Waals surface area (Å²) in [6.45, 7) is 0. The molecule has 0 aliphatic rings. The third-order valence-corrected chi connectivity index (χ3v) is 2.89. The molecule has 3 aromatic rings. The van der Waals surface area contributed by atoms with Crippen molar-refractivity contribution in [2.75, 3.05) is 5.73 Å². The maximum Gasteiger partial charge on any atom is 0.171 e. The van der Waals surface area contributed by atoms with Gasteiger partial charge in [0.05, 0.1) is 5.02 Å². The van der Waals surface area contributed by atoms with Crippen LogP contribution in [0.15, 0.2) is 47.0 Å². The van der Waals surface area contributed by atoms with Crippen molar-refractivity contribution in [3.05, 3.63) is 47.6 Å². The minimum absolute atomic E-state index is 0.552. The first-order chi connectivity index (χ1) is 8.25. The van der Waals surface area contributed by atoms with Gasteiger partial charge in [-0.15, -0.1) is 0 Å². The molecule has 0 atom stereocenters. The first-order valence-corrected chi connectivity index (χ1v) is 5.52. The van der Waals surface area contributed by atoms with Crippen molar-refractivity contribution >= 4 is 28.4 Å². The highest BCUT2D eigenvalue weighted by Gasteiger charge is 2.11. The minimum atomic E-state index is 0.552. The Morgan fingerprint density at radius 1 is 1.18 bits per heavy atom. The fraction of sp³-hybridized carbons (Fsp3) is 0. The number of aromatic nitrogens is 1. The van der Waals surface area contributed by atoms with Gasteiger partial charge in [0.25, 0.3) is 0 Å². The molecule has 17 heavy (non-hydrogen) atoms. The molecule has 4 heteroatoms. The first-order valence-electron chi connectivity index (χ1n) is 5.14. The summed E-state index contributed by atoms with van der Waals surface area (Å²) < 4.78 is 5.69. The number of pyridine rings is 1. The number of halogens is 1. The highest BCUT2D eigenvalue weighted by atomic mass is 35.5. The van der Waals surface area contributed by atoms with Crippen molar-refractivity contribution in [1.29, 1.82) is 0 Å². The predicted octanol–water partition coefficient (Wildman–Crippen LogP) is 3.73. The average Bonchev–Trinajstić information content (AvgIpc) is 2.75. The van der Waals surface area contributed by atoms with Gasteiger partial charge in [0.1, 0.15) is 11.3 Å². The Hall–Kier alpha value is -2.00. The maximum atomic E-state index is 6.03. The summed E-state index contributed by atoms with van der Waals surface area (Å²) >= 11 is 6.03. The van der Waals surface area contributed by atoms with Gasteiger partial charge in [0.15, 0.2) is 5.58 Å². The van der Waals surface area contributed by atoms with Crippen LogP contribution in [0.25, 0.3) is 22.4 Å². The fourth-order valence-corrected chi connectivity index (χ4v) is 1.95. The summed E-state index contributed by atoms with van der Waals surface area (Å²) in [6, 6.07) is 11.1. The van der Waals surface area contributed by atoms with E-state index in [1.807, 2.05) is 30.3 Å². The van der Waals surface area contributed by atoms with Crippen molar-refractivity contribution in [3.8, 4) is 11.3 Å². The number of hydrogen-bond donors (Lipinski definition) is 1. The Kier molecular flexibility index (Phi) is 2.27. The molecule has 0 spiro atoms. The van der Waals surface area contributed by atoms with Crippen LogP contribution >= 0.6 is 11.6 Å². The third kappa shape index (κ3) is 1.65. The zero-order valence-corrected chi connectivity index (χ0v) is 9.61. The van der Waals surface area contributed by atoms with Crippen LogP contribution in [0.3, 0.4) is 0 Å². The summed E-state index contributed by atoms with van der Waals surface area (Å²) in [5.74, 6) is 0.679. The van der Waals surface area contributed by atoms with E-state index in [1.165, 1.54) is 0 Å².